The maximum atomic E-state index is 11.7. The average molecular weight is 250 g/mol. The van der Waals surface area contributed by atoms with Crippen LogP contribution in [0.5, 0.6) is 5.75 Å². The first-order valence-corrected chi connectivity index (χ1v) is 6.34. The lowest BCUT2D eigenvalue weighted by Crippen LogP contribution is -2.36. The molecule has 0 aromatic heterocycles. The molecule has 4 nitrogen and oxygen atoms in total. The van der Waals surface area contributed by atoms with Crippen molar-refractivity contribution in [2.45, 2.75) is 39.3 Å². The summed E-state index contributed by atoms with van der Waals surface area (Å²) in [7, 11) is 0. The number of carbonyl (C=O) groups excluding carboxylic acids is 1. The summed E-state index contributed by atoms with van der Waals surface area (Å²) >= 11 is 0. The second-order valence-electron chi connectivity index (χ2n) is 4.41. The highest BCUT2D eigenvalue weighted by atomic mass is 16.5. The summed E-state index contributed by atoms with van der Waals surface area (Å²) in [6.07, 6.45) is 0.415. The molecule has 2 unspecified atom stereocenters. The zero-order valence-electron chi connectivity index (χ0n) is 11.3. The Morgan fingerprint density at radius 1 is 1.44 bits per heavy atom. The SMILES string of the molecule is CCCNC(=O)C(C)Oc1cccc(C(C)N)c1. The Bertz CT molecular complexity index is 391. The minimum Gasteiger partial charge on any atom is -0.481 e. The maximum Gasteiger partial charge on any atom is 0.260 e. The van der Waals surface area contributed by atoms with Crippen molar-refractivity contribution in [3.63, 3.8) is 0 Å². The van der Waals surface area contributed by atoms with E-state index >= 15 is 0 Å². The molecule has 0 saturated heterocycles. The van der Waals surface area contributed by atoms with Gasteiger partial charge in [0.2, 0.25) is 0 Å². The number of amides is 1. The summed E-state index contributed by atoms with van der Waals surface area (Å²) in [5, 5.41) is 2.80. The summed E-state index contributed by atoms with van der Waals surface area (Å²) in [5.74, 6) is 0.576. The summed E-state index contributed by atoms with van der Waals surface area (Å²) in [6.45, 7) is 6.34. The lowest BCUT2D eigenvalue weighted by Gasteiger charge is -2.15. The van der Waals surface area contributed by atoms with Crippen molar-refractivity contribution in [1.29, 1.82) is 0 Å². The maximum absolute atomic E-state index is 11.7. The quantitative estimate of drug-likeness (QED) is 0.811. The van der Waals surface area contributed by atoms with Crippen LogP contribution in [0.4, 0.5) is 0 Å². The molecule has 0 heterocycles. The molecule has 0 aliphatic carbocycles. The van der Waals surface area contributed by atoms with Crippen LogP contribution in [0, 0.1) is 0 Å². The largest absolute Gasteiger partial charge is 0.481 e. The standard InChI is InChI=1S/C14H22N2O2/c1-4-8-16-14(17)11(3)18-13-7-5-6-12(9-13)10(2)15/h5-7,9-11H,4,8,15H2,1-3H3,(H,16,17). The summed E-state index contributed by atoms with van der Waals surface area (Å²) in [5.41, 5.74) is 6.80. The predicted octanol–water partition coefficient (Wildman–Crippen LogP) is 2.00. The molecule has 4 heteroatoms. The van der Waals surface area contributed by atoms with Crippen LogP contribution >= 0.6 is 0 Å². The Hall–Kier alpha value is -1.55. The van der Waals surface area contributed by atoms with E-state index < -0.39 is 6.10 Å². The van der Waals surface area contributed by atoms with E-state index in [9.17, 15) is 4.79 Å². The lowest BCUT2D eigenvalue weighted by atomic mass is 10.1. The summed E-state index contributed by atoms with van der Waals surface area (Å²) < 4.78 is 5.60. The van der Waals surface area contributed by atoms with Gasteiger partial charge in [-0.05, 0) is 38.0 Å². The summed E-state index contributed by atoms with van der Waals surface area (Å²) in [6, 6.07) is 7.48. The molecule has 0 aliphatic heterocycles. The Labute approximate surface area is 109 Å². The van der Waals surface area contributed by atoms with Gasteiger partial charge in [0, 0.05) is 12.6 Å². The molecule has 1 aromatic rings. The van der Waals surface area contributed by atoms with E-state index in [-0.39, 0.29) is 11.9 Å². The van der Waals surface area contributed by atoms with Crippen molar-refractivity contribution >= 4 is 5.91 Å². The van der Waals surface area contributed by atoms with E-state index in [1.165, 1.54) is 0 Å². The fourth-order valence-electron chi connectivity index (χ4n) is 1.52. The summed E-state index contributed by atoms with van der Waals surface area (Å²) in [4.78, 5) is 11.7. The van der Waals surface area contributed by atoms with E-state index in [0.29, 0.717) is 12.3 Å². The lowest BCUT2D eigenvalue weighted by molar-refractivity contribution is -0.127. The molecule has 0 fully saturated rings. The minimum absolute atomic E-state index is 0.0437. The van der Waals surface area contributed by atoms with Crippen molar-refractivity contribution in [3.8, 4) is 5.75 Å². The zero-order chi connectivity index (χ0) is 13.5. The van der Waals surface area contributed by atoms with E-state index in [1.807, 2.05) is 38.1 Å². The van der Waals surface area contributed by atoms with Crippen LogP contribution in [0.1, 0.15) is 38.8 Å². The van der Waals surface area contributed by atoms with Crippen LogP contribution in [-0.2, 0) is 4.79 Å². The van der Waals surface area contributed by atoms with Gasteiger partial charge in [0.25, 0.3) is 5.91 Å². The zero-order valence-corrected chi connectivity index (χ0v) is 11.3. The molecule has 0 radical (unpaired) electrons. The number of carbonyl (C=O) groups is 1. The molecule has 0 spiro atoms. The van der Waals surface area contributed by atoms with E-state index in [1.54, 1.807) is 6.92 Å². The van der Waals surface area contributed by atoms with Crippen LogP contribution in [0.3, 0.4) is 0 Å². The normalized spacial score (nSPS) is 13.8. The third-order valence-electron chi connectivity index (χ3n) is 2.62. The number of nitrogens with two attached hydrogens (primary N) is 1. The van der Waals surface area contributed by atoms with Crippen molar-refractivity contribution < 1.29 is 9.53 Å². The minimum atomic E-state index is -0.500. The fourth-order valence-corrected chi connectivity index (χ4v) is 1.52. The van der Waals surface area contributed by atoms with Gasteiger partial charge in [-0.2, -0.15) is 0 Å². The van der Waals surface area contributed by atoms with Gasteiger partial charge in [0.1, 0.15) is 5.75 Å². The Morgan fingerprint density at radius 3 is 2.78 bits per heavy atom. The van der Waals surface area contributed by atoms with Crippen molar-refractivity contribution in [2.24, 2.45) is 5.73 Å². The van der Waals surface area contributed by atoms with Crippen LogP contribution in [0.25, 0.3) is 0 Å². The molecule has 3 N–H and O–H groups in total. The van der Waals surface area contributed by atoms with E-state index in [4.69, 9.17) is 10.5 Å². The molecule has 2 atom stereocenters. The number of hydrogen-bond acceptors (Lipinski definition) is 3. The number of nitrogens with one attached hydrogen (secondary N) is 1. The van der Waals surface area contributed by atoms with Gasteiger partial charge in [-0.25, -0.2) is 0 Å². The Balaban J connectivity index is 2.61. The molecule has 100 valence electrons. The van der Waals surface area contributed by atoms with Gasteiger partial charge in [0.05, 0.1) is 0 Å². The molecular weight excluding hydrogens is 228 g/mol. The highest BCUT2D eigenvalue weighted by Gasteiger charge is 2.14. The van der Waals surface area contributed by atoms with Crippen molar-refractivity contribution in [3.05, 3.63) is 29.8 Å². The first-order valence-electron chi connectivity index (χ1n) is 6.34. The molecule has 1 amide bonds. The first kappa shape index (κ1) is 14.5. The fraction of sp³-hybridized carbons (Fsp3) is 0.500. The van der Waals surface area contributed by atoms with E-state index in [2.05, 4.69) is 5.32 Å². The number of rotatable bonds is 6. The van der Waals surface area contributed by atoms with Crippen LogP contribution in [0.2, 0.25) is 0 Å². The number of hydrogen-bond donors (Lipinski definition) is 2. The van der Waals surface area contributed by atoms with Crippen LogP contribution < -0.4 is 15.8 Å². The van der Waals surface area contributed by atoms with Gasteiger partial charge >= 0.3 is 0 Å². The van der Waals surface area contributed by atoms with Gasteiger partial charge in [-0.3, -0.25) is 4.79 Å². The van der Waals surface area contributed by atoms with E-state index in [0.717, 1.165) is 12.0 Å². The van der Waals surface area contributed by atoms with Gasteiger partial charge in [-0.15, -0.1) is 0 Å². The molecule has 0 aliphatic rings. The molecule has 1 rings (SSSR count). The molecule has 1 aromatic carbocycles. The van der Waals surface area contributed by atoms with Gasteiger partial charge < -0.3 is 15.8 Å². The topological polar surface area (TPSA) is 64.3 Å². The third kappa shape index (κ3) is 4.37. The second kappa shape index (κ2) is 7.01. The highest BCUT2D eigenvalue weighted by molar-refractivity contribution is 5.80. The average Bonchev–Trinajstić information content (AvgIpc) is 2.36. The van der Waals surface area contributed by atoms with Gasteiger partial charge in [0.15, 0.2) is 6.10 Å². The van der Waals surface area contributed by atoms with Crippen molar-refractivity contribution in [2.75, 3.05) is 6.54 Å². The molecule has 18 heavy (non-hydrogen) atoms. The molecule has 0 bridgehead atoms. The third-order valence-corrected chi connectivity index (χ3v) is 2.62. The Kier molecular flexibility index (Phi) is 5.65. The number of benzene rings is 1. The predicted molar refractivity (Wildman–Crippen MR) is 72.4 cm³/mol. The number of ether oxygens (including phenoxy) is 1. The molecule has 0 saturated carbocycles. The smallest absolute Gasteiger partial charge is 0.260 e. The van der Waals surface area contributed by atoms with Crippen LogP contribution in [0.15, 0.2) is 24.3 Å². The monoisotopic (exact) mass is 250 g/mol. The Morgan fingerprint density at radius 2 is 2.17 bits per heavy atom. The van der Waals surface area contributed by atoms with Crippen LogP contribution in [-0.4, -0.2) is 18.6 Å². The molecular formula is C14H22N2O2. The second-order valence-corrected chi connectivity index (χ2v) is 4.41. The highest BCUT2D eigenvalue weighted by Crippen LogP contribution is 2.18. The van der Waals surface area contributed by atoms with Crippen molar-refractivity contribution in [1.82, 2.24) is 5.32 Å². The van der Waals surface area contributed by atoms with Gasteiger partial charge in [-0.1, -0.05) is 19.1 Å². The first-order chi connectivity index (χ1) is 8.54.